The summed E-state index contributed by atoms with van der Waals surface area (Å²) in [5.41, 5.74) is 2.03. The smallest absolute Gasteiger partial charge is 0.251 e. The van der Waals surface area contributed by atoms with Gasteiger partial charge in [0.1, 0.15) is 0 Å². The van der Waals surface area contributed by atoms with E-state index in [1.54, 1.807) is 36.4 Å². The van der Waals surface area contributed by atoms with Crippen LogP contribution in [0, 0.1) is 6.92 Å². The molecule has 1 unspecified atom stereocenters. The quantitative estimate of drug-likeness (QED) is 0.750. The molecule has 0 radical (unpaired) electrons. The minimum absolute atomic E-state index is 0.0563. The molecule has 0 fully saturated rings. The predicted molar refractivity (Wildman–Crippen MR) is 92.9 cm³/mol. The monoisotopic (exact) mass is 346 g/mol. The lowest BCUT2D eigenvalue weighted by Gasteiger charge is -2.13. The molecule has 2 aromatic carbocycles. The summed E-state index contributed by atoms with van der Waals surface area (Å²) in [6, 6.07) is 13.9. The standard InChI is InChI=1S/C18H19ClN2O3/c1-12-4-2-3-5-15(12)18(24)21-11-17(23)20-10-16(22)13-6-8-14(19)9-7-13/h2-9,16,22H,10-11H2,1H3,(H,20,23)(H,21,24). The largest absolute Gasteiger partial charge is 0.387 e. The maximum atomic E-state index is 12.0. The second kappa shape index (κ2) is 8.47. The second-order valence-corrected chi connectivity index (χ2v) is 5.81. The molecule has 0 spiro atoms. The number of rotatable bonds is 6. The molecule has 5 nitrogen and oxygen atoms in total. The summed E-state index contributed by atoms with van der Waals surface area (Å²) in [4.78, 5) is 23.8. The number of carbonyl (C=O) groups is 2. The van der Waals surface area contributed by atoms with Crippen LogP contribution in [0.4, 0.5) is 0 Å². The molecule has 2 rings (SSSR count). The van der Waals surface area contributed by atoms with Crippen LogP contribution in [0.15, 0.2) is 48.5 Å². The topological polar surface area (TPSA) is 78.4 Å². The summed E-state index contributed by atoms with van der Waals surface area (Å²) < 4.78 is 0. The van der Waals surface area contributed by atoms with Crippen molar-refractivity contribution in [2.75, 3.05) is 13.1 Å². The number of nitrogens with one attached hydrogen (secondary N) is 2. The Hall–Kier alpha value is -2.37. The molecule has 0 aliphatic rings. The normalized spacial score (nSPS) is 11.6. The molecular formula is C18H19ClN2O3. The number of amides is 2. The minimum Gasteiger partial charge on any atom is -0.387 e. The molecule has 126 valence electrons. The Bertz CT molecular complexity index is 716. The van der Waals surface area contributed by atoms with Crippen molar-refractivity contribution >= 4 is 23.4 Å². The van der Waals surface area contributed by atoms with E-state index in [4.69, 9.17) is 11.6 Å². The summed E-state index contributed by atoms with van der Waals surface area (Å²) in [7, 11) is 0. The third-order valence-electron chi connectivity index (χ3n) is 3.55. The Kier molecular flexibility index (Phi) is 6.35. The number of hydrogen-bond acceptors (Lipinski definition) is 3. The molecular weight excluding hydrogens is 328 g/mol. The van der Waals surface area contributed by atoms with Gasteiger partial charge in [-0.2, -0.15) is 0 Å². The van der Waals surface area contributed by atoms with Crippen LogP contribution in [0.3, 0.4) is 0 Å². The van der Waals surface area contributed by atoms with Crippen LogP contribution in [-0.4, -0.2) is 30.0 Å². The Balaban J connectivity index is 1.78. The van der Waals surface area contributed by atoms with E-state index in [-0.39, 0.29) is 24.9 Å². The average Bonchev–Trinajstić information content (AvgIpc) is 2.58. The van der Waals surface area contributed by atoms with Crippen molar-refractivity contribution in [3.63, 3.8) is 0 Å². The predicted octanol–water partition coefficient (Wildman–Crippen LogP) is 2.23. The van der Waals surface area contributed by atoms with Crippen LogP contribution in [-0.2, 0) is 4.79 Å². The number of carbonyl (C=O) groups excluding carboxylic acids is 2. The number of hydrogen-bond donors (Lipinski definition) is 3. The second-order valence-electron chi connectivity index (χ2n) is 5.37. The fourth-order valence-corrected chi connectivity index (χ4v) is 2.29. The van der Waals surface area contributed by atoms with Gasteiger partial charge in [-0.15, -0.1) is 0 Å². The van der Waals surface area contributed by atoms with E-state index >= 15 is 0 Å². The SMILES string of the molecule is Cc1ccccc1C(=O)NCC(=O)NCC(O)c1ccc(Cl)cc1. The fraction of sp³-hybridized carbons (Fsp3) is 0.222. The van der Waals surface area contributed by atoms with Gasteiger partial charge in [0.15, 0.2) is 0 Å². The average molecular weight is 347 g/mol. The molecule has 1 atom stereocenters. The third-order valence-corrected chi connectivity index (χ3v) is 3.80. The van der Waals surface area contributed by atoms with Gasteiger partial charge in [-0.3, -0.25) is 9.59 Å². The van der Waals surface area contributed by atoms with Crippen molar-refractivity contribution in [2.45, 2.75) is 13.0 Å². The molecule has 3 N–H and O–H groups in total. The lowest BCUT2D eigenvalue weighted by molar-refractivity contribution is -0.120. The van der Waals surface area contributed by atoms with Gasteiger partial charge in [0.25, 0.3) is 5.91 Å². The molecule has 0 aromatic heterocycles. The molecule has 0 aliphatic carbocycles. The van der Waals surface area contributed by atoms with E-state index in [1.165, 1.54) is 0 Å². The first kappa shape index (κ1) is 18.0. The zero-order chi connectivity index (χ0) is 17.5. The molecule has 0 saturated carbocycles. The Morgan fingerprint density at radius 3 is 2.42 bits per heavy atom. The van der Waals surface area contributed by atoms with E-state index in [1.807, 2.05) is 19.1 Å². The Morgan fingerprint density at radius 1 is 1.08 bits per heavy atom. The zero-order valence-electron chi connectivity index (χ0n) is 13.3. The number of aliphatic hydroxyl groups is 1. The highest BCUT2D eigenvalue weighted by Crippen LogP contribution is 2.15. The van der Waals surface area contributed by atoms with E-state index in [0.717, 1.165) is 5.56 Å². The summed E-state index contributed by atoms with van der Waals surface area (Å²) >= 11 is 5.78. The lowest BCUT2D eigenvalue weighted by Crippen LogP contribution is -2.38. The van der Waals surface area contributed by atoms with Crippen LogP contribution in [0.2, 0.25) is 5.02 Å². The lowest BCUT2D eigenvalue weighted by atomic mass is 10.1. The van der Waals surface area contributed by atoms with Crippen molar-refractivity contribution < 1.29 is 14.7 Å². The Labute approximate surface area is 145 Å². The summed E-state index contributed by atoms with van der Waals surface area (Å²) in [5.74, 6) is -0.675. The van der Waals surface area contributed by atoms with E-state index in [2.05, 4.69) is 10.6 Å². The van der Waals surface area contributed by atoms with Gasteiger partial charge in [0, 0.05) is 17.1 Å². The maximum Gasteiger partial charge on any atom is 0.251 e. The van der Waals surface area contributed by atoms with Gasteiger partial charge in [0.2, 0.25) is 5.91 Å². The van der Waals surface area contributed by atoms with Gasteiger partial charge in [-0.25, -0.2) is 0 Å². The minimum atomic E-state index is -0.835. The highest BCUT2D eigenvalue weighted by Gasteiger charge is 2.12. The highest BCUT2D eigenvalue weighted by atomic mass is 35.5. The molecule has 0 saturated heterocycles. The molecule has 2 aromatic rings. The zero-order valence-corrected chi connectivity index (χ0v) is 14.0. The third kappa shape index (κ3) is 5.08. The first-order valence-electron chi connectivity index (χ1n) is 7.51. The van der Waals surface area contributed by atoms with Crippen LogP contribution in [0.25, 0.3) is 0 Å². The molecule has 0 heterocycles. The molecule has 6 heteroatoms. The molecule has 24 heavy (non-hydrogen) atoms. The number of benzene rings is 2. The van der Waals surface area contributed by atoms with Gasteiger partial charge in [-0.1, -0.05) is 41.9 Å². The number of halogens is 1. The van der Waals surface area contributed by atoms with Crippen molar-refractivity contribution in [3.8, 4) is 0 Å². The van der Waals surface area contributed by atoms with E-state index in [9.17, 15) is 14.7 Å². The van der Waals surface area contributed by atoms with Crippen molar-refractivity contribution in [1.29, 1.82) is 0 Å². The first-order valence-corrected chi connectivity index (χ1v) is 7.89. The summed E-state index contributed by atoms with van der Waals surface area (Å²) in [5, 5.41) is 15.7. The maximum absolute atomic E-state index is 12.0. The summed E-state index contributed by atoms with van der Waals surface area (Å²) in [6.07, 6.45) is -0.835. The van der Waals surface area contributed by atoms with E-state index < -0.39 is 6.10 Å². The van der Waals surface area contributed by atoms with Crippen LogP contribution in [0.1, 0.15) is 27.6 Å². The van der Waals surface area contributed by atoms with E-state index in [0.29, 0.717) is 16.1 Å². The van der Waals surface area contributed by atoms with Gasteiger partial charge in [-0.05, 0) is 36.2 Å². The van der Waals surface area contributed by atoms with Crippen LogP contribution < -0.4 is 10.6 Å². The fourth-order valence-electron chi connectivity index (χ4n) is 2.16. The molecule has 0 bridgehead atoms. The highest BCUT2D eigenvalue weighted by molar-refractivity contribution is 6.30. The van der Waals surface area contributed by atoms with Crippen molar-refractivity contribution in [1.82, 2.24) is 10.6 Å². The van der Waals surface area contributed by atoms with Crippen LogP contribution >= 0.6 is 11.6 Å². The van der Waals surface area contributed by atoms with Gasteiger partial charge < -0.3 is 15.7 Å². The summed E-state index contributed by atoms with van der Waals surface area (Å²) in [6.45, 7) is 1.73. The number of aryl methyl sites for hydroxylation is 1. The molecule has 2 amide bonds. The van der Waals surface area contributed by atoms with Crippen LogP contribution in [0.5, 0.6) is 0 Å². The number of aliphatic hydroxyl groups excluding tert-OH is 1. The Morgan fingerprint density at radius 2 is 1.75 bits per heavy atom. The first-order chi connectivity index (χ1) is 11.5. The van der Waals surface area contributed by atoms with Crippen molar-refractivity contribution in [3.05, 3.63) is 70.2 Å². The van der Waals surface area contributed by atoms with Crippen molar-refractivity contribution in [2.24, 2.45) is 0 Å². The molecule has 0 aliphatic heterocycles. The van der Waals surface area contributed by atoms with Gasteiger partial charge in [0.05, 0.1) is 12.6 Å². The van der Waals surface area contributed by atoms with Gasteiger partial charge >= 0.3 is 0 Å².